The second-order valence-electron chi connectivity index (χ2n) is 5.26. The third kappa shape index (κ3) is 2.86. The zero-order valence-electron chi connectivity index (χ0n) is 13.7. The molecule has 1 aromatic carbocycles. The molecule has 0 amide bonds. The van der Waals surface area contributed by atoms with E-state index in [-0.39, 0.29) is 17.1 Å². The summed E-state index contributed by atoms with van der Waals surface area (Å²) < 4.78 is 11.9. The van der Waals surface area contributed by atoms with E-state index in [9.17, 15) is 9.59 Å². The lowest BCUT2D eigenvalue weighted by Gasteiger charge is -2.08. The van der Waals surface area contributed by atoms with Gasteiger partial charge in [-0.1, -0.05) is 0 Å². The fourth-order valence-corrected chi connectivity index (χ4v) is 3.39. The second kappa shape index (κ2) is 6.37. The van der Waals surface area contributed by atoms with E-state index in [4.69, 9.17) is 14.7 Å². The van der Waals surface area contributed by atoms with Gasteiger partial charge in [0.1, 0.15) is 9.71 Å². The zero-order valence-corrected chi connectivity index (χ0v) is 14.5. The SMILES string of the molecule is COc1cc(C#N)ccc1OC(=O)c1sc2ncn(C)c(=O)c2c1C. The molecule has 0 atom stereocenters. The van der Waals surface area contributed by atoms with Crippen molar-refractivity contribution in [3.8, 4) is 17.6 Å². The molecular formula is C17H13N3O4S. The summed E-state index contributed by atoms with van der Waals surface area (Å²) in [5.41, 5.74) is 0.711. The van der Waals surface area contributed by atoms with Crippen molar-refractivity contribution in [3.05, 3.63) is 50.9 Å². The maximum atomic E-state index is 12.6. The van der Waals surface area contributed by atoms with Crippen molar-refractivity contribution in [1.29, 1.82) is 5.26 Å². The summed E-state index contributed by atoms with van der Waals surface area (Å²) in [6.07, 6.45) is 1.42. The van der Waals surface area contributed by atoms with Crippen LogP contribution in [0.15, 0.2) is 29.3 Å². The van der Waals surface area contributed by atoms with Crippen molar-refractivity contribution in [1.82, 2.24) is 9.55 Å². The number of nitrogens with zero attached hydrogens (tertiary/aromatic N) is 3. The first-order valence-electron chi connectivity index (χ1n) is 7.21. The number of hydrogen-bond donors (Lipinski definition) is 0. The van der Waals surface area contributed by atoms with Crippen LogP contribution in [-0.2, 0) is 7.05 Å². The summed E-state index contributed by atoms with van der Waals surface area (Å²) in [7, 11) is 3.03. The first kappa shape index (κ1) is 16.7. The molecule has 0 spiro atoms. The molecule has 3 rings (SSSR count). The molecule has 0 unspecified atom stereocenters. The van der Waals surface area contributed by atoms with Gasteiger partial charge in [0.15, 0.2) is 11.5 Å². The standard InChI is InChI=1S/C17H13N3O4S/c1-9-13-15(19-8-20(2)16(13)21)25-14(9)17(22)24-11-5-4-10(7-18)6-12(11)23-3/h4-6,8H,1-3H3. The monoisotopic (exact) mass is 355 g/mol. The van der Waals surface area contributed by atoms with E-state index < -0.39 is 5.97 Å². The van der Waals surface area contributed by atoms with Crippen molar-refractivity contribution in [2.45, 2.75) is 6.92 Å². The normalized spacial score (nSPS) is 10.5. The maximum Gasteiger partial charge on any atom is 0.354 e. The first-order chi connectivity index (χ1) is 12.0. The number of aromatic nitrogens is 2. The number of rotatable bonds is 3. The minimum atomic E-state index is -0.606. The van der Waals surface area contributed by atoms with Gasteiger partial charge < -0.3 is 14.0 Å². The molecule has 25 heavy (non-hydrogen) atoms. The Balaban J connectivity index is 2.02. The predicted molar refractivity (Wildman–Crippen MR) is 92.3 cm³/mol. The summed E-state index contributed by atoms with van der Waals surface area (Å²) >= 11 is 1.10. The van der Waals surface area contributed by atoms with Crippen LogP contribution >= 0.6 is 11.3 Å². The van der Waals surface area contributed by atoms with Crippen LogP contribution in [0.25, 0.3) is 10.2 Å². The number of carbonyl (C=O) groups is 1. The Hall–Kier alpha value is -3.18. The average Bonchev–Trinajstić information content (AvgIpc) is 2.96. The Bertz CT molecular complexity index is 1090. The topological polar surface area (TPSA) is 94.2 Å². The molecule has 3 aromatic rings. The number of nitriles is 1. The summed E-state index contributed by atoms with van der Waals surface area (Å²) in [5.74, 6) is -0.130. The fourth-order valence-electron chi connectivity index (χ4n) is 2.37. The molecule has 0 fully saturated rings. The molecule has 0 saturated heterocycles. The van der Waals surface area contributed by atoms with Gasteiger partial charge in [-0.05, 0) is 24.6 Å². The van der Waals surface area contributed by atoms with Crippen LogP contribution in [0.2, 0.25) is 0 Å². The van der Waals surface area contributed by atoms with E-state index in [0.717, 1.165) is 11.3 Å². The fraction of sp³-hybridized carbons (Fsp3) is 0.176. The average molecular weight is 355 g/mol. The van der Waals surface area contributed by atoms with E-state index in [1.807, 2.05) is 6.07 Å². The van der Waals surface area contributed by atoms with Gasteiger partial charge in [0.25, 0.3) is 5.56 Å². The third-order valence-electron chi connectivity index (χ3n) is 3.69. The van der Waals surface area contributed by atoms with Crippen LogP contribution in [0.4, 0.5) is 0 Å². The van der Waals surface area contributed by atoms with E-state index in [0.29, 0.717) is 26.2 Å². The van der Waals surface area contributed by atoms with Crippen LogP contribution in [0.5, 0.6) is 11.5 Å². The molecule has 2 heterocycles. The quantitative estimate of drug-likeness (QED) is 0.529. The highest BCUT2D eigenvalue weighted by atomic mass is 32.1. The molecule has 0 saturated carbocycles. The van der Waals surface area contributed by atoms with Crippen LogP contribution < -0.4 is 15.0 Å². The van der Waals surface area contributed by atoms with Gasteiger partial charge in [0, 0.05) is 13.1 Å². The van der Waals surface area contributed by atoms with Gasteiger partial charge in [0.05, 0.1) is 30.5 Å². The molecule has 7 nitrogen and oxygen atoms in total. The number of esters is 1. The first-order valence-corrected chi connectivity index (χ1v) is 8.03. The maximum absolute atomic E-state index is 12.6. The van der Waals surface area contributed by atoms with E-state index in [2.05, 4.69) is 4.98 Å². The minimum absolute atomic E-state index is 0.198. The Morgan fingerprint density at radius 1 is 1.36 bits per heavy atom. The number of ether oxygens (including phenoxy) is 2. The third-order valence-corrected chi connectivity index (χ3v) is 4.87. The summed E-state index contributed by atoms with van der Waals surface area (Å²) in [6.45, 7) is 1.69. The smallest absolute Gasteiger partial charge is 0.354 e. The highest BCUT2D eigenvalue weighted by molar-refractivity contribution is 7.20. The molecular weight excluding hydrogens is 342 g/mol. The Morgan fingerprint density at radius 2 is 2.12 bits per heavy atom. The molecule has 0 bridgehead atoms. The van der Waals surface area contributed by atoms with Crippen LogP contribution in [0.1, 0.15) is 20.8 Å². The zero-order chi connectivity index (χ0) is 18.1. The van der Waals surface area contributed by atoms with E-state index in [1.54, 1.807) is 14.0 Å². The highest BCUT2D eigenvalue weighted by Gasteiger charge is 2.21. The highest BCUT2D eigenvalue weighted by Crippen LogP contribution is 2.31. The molecule has 0 aliphatic rings. The number of methoxy groups -OCH3 is 1. The van der Waals surface area contributed by atoms with Crippen molar-refractivity contribution in [3.63, 3.8) is 0 Å². The number of benzene rings is 1. The summed E-state index contributed by atoms with van der Waals surface area (Å²) in [6, 6.07) is 6.50. The van der Waals surface area contributed by atoms with Crippen molar-refractivity contribution >= 4 is 27.5 Å². The van der Waals surface area contributed by atoms with Gasteiger partial charge in [0.2, 0.25) is 0 Å². The lowest BCUT2D eigenvalue weighted by molar-refractivity contribution is 0.0734. The van der Waals surface area contributed by atoms with Gasteiger partial charge in [-0.2, -0.15) is 5.26 Å². The molecule has 0 aliphatic heterocycles. The number of aryl methyl sites for hydroxylation is 2. The van der Waals surface area contributed by atoms with Crippen molar-refractivity contribution < 1.29 is 14.3 Å². The summed E-state index contributed by atoms with van der Waals surface area (Å²) in [5, 5.41) is 9.33. The second-order valence-corrected chi connectivity index (χ2v) is 6.26. The van der Waals surface area contributed by atoms with Gasteiger partial charge in [-0.15, -0.1) is 11.3 Å². The molecule has 0 aliphatic carbocycles. The van der Waals surface area contributed by atoms with Crippen LogP contribution in [0, 0.1) is 18.3 Å². The van der Waals surface area contributed by atoms with Crippen LogP contribution in [0.3, 0.4) is 0 Å². The molecule has 2 aromatic heterocycles. The molecule has 126 valence electrons. The lowest BCUT2D eigenvalue weighted by Crippen LogP contribution is -2.17. The number of carbonyl (C=O) groups excluding carboxylic acids is 1. The van der Waals surface area contributed by atoms with E-state index >= 15 is 0 Å². The Morgan fingerprint density at radius 3 is 2.80 bits per heavy atom. The minimum Gasteiger partial charge on any atom is -0.493 e. The van der Waals surface area contributed by atoms with Gasteiger partial charge in [-0.25, -0.2) is 9.78 Å². The summed E-state index contributed by atoms with van der Waals surface area (Å²) in [4.78, 5) is 29.8. The molecule has 0 radical (unpaired) electrons. The molecule has 8 heteroatoms. The number of hydrogen-bond acceptors (Lipinski definition) is 7. The largest absolute Gasteiger partial charge is 0.493 e. The molecule has 0 N–H and O–H groups in total. The van der Waals surface area contributed by atoms with Crippen molar-refractivity contribution in [2.24, 2.45) is 7.05 Å². The van der Waals surface area contributed by atoms with Crippen LogP contribution in [-0.4, -0.2) is 22.6 Å². The van der Waals surface area contributed by atoms with E-state index in [1.165, 1.54) is 36.2 Å². The number of thiophene rings is 1. The van der Waals surface area contributed by atoms with Crippen molar-refractivity contribution in [2.75, 3.05) is 7.11 Å². The Labute approximate surface area is 146 Å². The lowest BCUT2D eigenvalue weighted by atomic mass is 10.2. The Kier molecular flexibility index (Phi) is 4.25. The number of fused-ring (bicyclic) bond motifs is 1. The van der Waals surface area contributed by atoms with Gasteiger partial charge >= 0.3 is 5.97 Å². The predicted octanol–water partition coefficient (Wildman–Crippen LogP) is 2.40. The van der Waals surface area contributed by atoms with Gasteiger partial charge in [-0.3, -0.25) is 4.79 Å².